The molecule has 1 aromatic heterocycles. The average molecular weight is 403 g/mol. The highest BCUT2D eigenvalue weighted by Gasteiger charge is 2.41. The molecule has 0 radical (unpaired) electrons. The van der Waals surface area contributed by atoms with Crippen LogP contribution in [0.15, 0.2) is 30.6 Å². The molecule has 2 saturated heterocycles. The van der Waals surface area contributed by atoms with Gasteiger partial charge < -0.3 is 14.5 Å². The Morgan fingerprint density at radius 2 is 1.93 bits per heavy atom. The lowest BCUT2D eigenvalue weighted by atomic mass is 9.92. The summed E-state index contributed by atoms with van der Waals surface area (Å²) in [4.78, 5) is 12.7. The number of anilines is 2. The van der Waals surface area contributed by atoms with Crippen LogP contribution in [-0.2, 0) is 6.18 Å². The van der Waals surface area contributed by atoms with Gasteiger partial charge in [-0.3, -0.25) is 0 Å². The molecule has 0 aliphatic carbocycles. The summed E-state index contributed by atoms with van der Waals surface area (Å²) in [5.74, 6) is 1.49. The van der Waals surface area contributed by atoms with Gasteiger partial charge in [0.25, 0.3) is 5.88 Å². The molecule has 0 amide bonds. The number of benzene rings is 1. The van der Waals surface area contributed by atoms with Gasteiger partial charge in [0.1, 0.15) is 0 Å². The van der Waals surface area contributed by atoms with E-state index in [0.29, 0.717) is 36.4 Å². The molecule has 4 rings (SSSR count). The minimum atomic E-state index is -4.56. The van der Waals surface area contributed by atoms with Crippen LogP contribution in [0.2, 0.25) is 0 Å². The van der Waals surface area contributed by atoms with Crippen molar-refractivity contribution in [1.29, 1.82) is 5.26 Å². The lowest BCUT2D eigenvalue weighted by Gasteiger charge is -2.40. The van der Waals surface area contributed by atoms with Crippen molar-refractivity contribution >= 4 is 11.5 Å². The molecule has 152 valence electrons. The number of fused-ring (bicyclic) bond motifs is 1. The fourth-order valence-corrected chi connectivity index (χ4v) is 4.38. The van der Waals surface area contributed by atoms with Crippen molar-refractivity contribution in [2.24, 2.45) is 5.92 Å². The van der Waals surface area contributed by atoms with Crippen molar-refractivity contribution in [1.82, 2.24) is 9.97 Å². The van der Waals surface area contributed by atoms with E-state index in [-0.39, 0.29) is 11.6 Å². The Kier molecular flexibility index (Phi) is 4.94. The predicted molar refractivity (Wildman–Crippen MR) is 101 cm³/mol. The maximum absolute atomic E-state index is 13.4. The van der Waals surface area contributed by atoms with Gasteiger partial charge in [-0.05, 0) is 37.0 Å². The Bertz CT molecular complexity index is 942. The molecular formula is C20H20F3N5O. The number of methoxy groups -OCH3 is 1. The highest BCUT2D eigenvalue weighted by Crippen LogP contribution is 2.40. The van der Waals surface area contributed by atoms with Gasteiger partial charge in [-0.1, -0.05) is 0 Å². The Balaban J connectivity index is 1.63. The van der Waals surface area contributed by atoms with E-state index >= 15 is 0 Å². The lowest BCUT2D eigenvalue weighted by molar-refractivity contribution is -0.137. The number of alkyl halides is 3. The van der Waals surface area contributed by atoms with Gasteiger partial charge in [0.05, 0.1) is 24.3 Å². The summed E-state index contributed by atoms with van der Waals surface area (Å²) >= 11 is 0. The molecular weight excluding hydrogens is 383 g/mol. The highest BCUT2D eigenvalue weighted by molar-refractivity contribution is 5.57. The third-order valence-corrected chi connectivity index (χ3v) is 5.76. The Morgan fingerprint density at radius 1 is 1.17 bits per heavy atom. The number of ether oxygens (including phenoxy) is 1. The van der Waals surface area contributed by atoms with E-state index < -0.39 is 11.7 Å². The van der Waals surface area contributed by atoms with Crippen molar-refractivity contribution in [3.05, 3.63) is 41.7 Å². The summed E-state index contributed by atoms with van der Waals surface area (Å²) in [5.41, 5.74) is -0.743. The van der Waals surface area contributed by atoms with Crippen LogP contribution in [0.1, 0.15) is 24.0 Å². The molecule has 2 atom stereocenters. The SMILES string of the molecule is COc1nccnc1N1CCC2CCN(c3ccc(C#N)c(C(F)(F)F)c3)C2C1. The summed E-state index contributed by atoms with van der Waals surface area (Å²) in [6.45, 7) is 2.11. The van der Waals surface area contributed by atoms with E-state index in [1.54, 1.807) is 24.5 Å². The third-order valence-electron chi connectivity index (χ3n) is 5.76. The normalized spacial score (nSPS) is 21.6. The zero-order chi connectivity index (χ0) is 20.6. The van der Waals surface area contributed by atoms with Crippen molar-refractivity contribution in [3.8, 4) is 11.9 Å². The molecule has 0 bridgehead atoms. The topological polar surface area (TPSA) is 65.3 Å². The Labute approximate surface area is 166 Å². The van der Waals surface area contributed by atoms with Gasteiger partial charge in [-0.15, -0.1) is 0 Å². The number of halogens is 3. The van der Waals surface area contributed by atoms with E-state index in [4.69, 9.17) is 10.00 Å². The van der Waals surface area contributed by atoms with Gasteiger partial charge in [0.2, 0.25) is 0 Å². The first-order valence-corrected chi connectivity index (χ1v) is 9.40. The van der Waals surface area contributed by atoms with Crippen LogP contribution in [-0.4, -0.2) is 42.8 Å². The van der Waals surface area contributed by atoms with Gasteiger partial charge in [-0.25, -0.2) is 9.97 Å². The zero-order valence-corrected chi connectivity index (χ0v) is 15.9. The molecule has 0 N–H and O–H groups in total. The summed E-state index contributed by atoms with van der Waals surface area (Å²) < 4.78 is 45.5. The van der Waals surface area contributed by atoms with Crippen LogP contribution in [0.3, 0.4) is 0 Å². The third kappa shape index (κ3) is 3.55. The lowest BCUT2D eigenvalue weighted by Crippen LogP contribution is -2.48. The molecule has 9 heteroatoms. The maximum Gasteiger partial charge on any atom is 0.417 e. The van der Waals surface area contributed by atoms with Gasteiger partial charge in [0, 0.05) is 43.8 Å². The largest absolute Gasteiger partial charge is 0.478 e. The second-order valence-corrected chi connectivity index (χ2v) is 7.27. The highest BCUT2D eigenvalue weighted by atomic mass is 19.4. The summed E-state index contributed by atoms with van der Waals surface area (Å²) in [7, 11) is 1.54. The molecule has 6 nitrogen and oxygen atoms in total. The maximum atomic E-state index is 13.4. The molecule has 0 spiro atoms. The van der Waals surface area contributed by atoms with Crippen LogP contribution >= 0.6 is 0 Å². The van der Waals surface area contributed by atoms with Gasteiger partial charge in [-0.2, -0.15) is 18.4 Å². The van der Waals surface area contributed by atoms with Gasteiger partial charge >= 0.3 is 6.18 Å². The number of nitrogens with zero attached hydrogens (tertiary/aromatic N) is 5. The first-order valence-electron chi connectivity index (χ1n) is 9.40. The molecule has 2 aromatic rings. The van der Waals surface area contributed by atoms with Gasteiger partial charge in [0.15, 0.2) is 5.82 Å². The first-order chi connectivity index (χ1) is 13.9. The van der Waals surface area contributed by atoms with E-state index in [9.17, 15) is 13.2 Å². The van der Waals surface area contributed by atoms with Crippen LogP contribution in [0.4, 0.5) is 24.7 Å². The molecule has 2 fully saturated rings. The van der Waals surface area contributed by atoms with Crippen molar-refractivity contribution in [2.75, 3.05) is 36.5 Å². The molecule has 1 aromatic carbocycles. The Morgan fingerprint density at radius 3 is 2.66 bits per heavy atom. The summed E-state index contributed by atoms with van der Waals surface area (Å²) in [6, 6.07) is 5.67. The number of hydrogen-bond acceptors (Lipinski definition) is 6. The van der Waals surface area contributed by atoms with E-state index in [0.717, 1.165) is 25.5 Å². The standard InChI is InChI=1S/C20H20F3N5O/c1-29-19-18(25-6-7-26-19)27-8-4-13-5-9-28(17(13)12-27)15-3-2-14(11-24)16(10-15)20(21,22)23/h2-3,6-7,10,13,17H,4-5,8-9,12H2,1H3. The molecule has 2 aliphatic heterocycles. The fourth-order valence-electron chi connectivity index (χ4n) is 4.38. The molecule has 2 unspecified atom stereocenters. The zero-order valence-electron chi connectivity index (χ0n) is 15.9. The van der Waals surface area contributed by atoms with Crippen LogP contribution in [0, 0.1) is 17.2 Å². The van der Waals surface area contributed by atoms with Crippen LogP contribution in [0.25, 0.3) is 0 Å². The van der Waals surface area contributed by atoms with Crippen molar-refractivity contribution in [3.63, 3.8) is 0 Å². The molecule has 29 heavy (non-hydrogen) atoms. The number of nitriles is 1. The minimum absolute atomic E-state index is 0.0597. The Hall–Kier alpha value is -3.02. The predicted octanol–water partition coefficient (Wildman–Crippen LogP) is 3.48. The second-order valence-electron chi connectivity index (χ2n) is 7.27. The fraction of sp³-hybridized carbons (Fsp3) is 0.450. The number of rotatable bonds is 3. The average Bonchev–Trinajstić information content (AvgIpc) is 3.15. The number of piperidine rings is 1. The van der Waals surface area contributed by atoms with E-state index in [1.807, 2.05) is 4.90 Å². The summed E-state index contributed by atoms with van der Waals surface area (Å²) in [6.07, 6.45) is 0.450. The number of hydrogen-bond donors (Lipinski definition) is 0. The number of aromatic nitrogens is 2. The van der Waals surface area contributed by atoms with Crippen molar-refractivity contribution < 1.29 is 17.9 Å². The van der Waals surface area contributed by atoms with Crippen LogP contribution in [0.5, 0.6) is 5.88 Å². The van der Waals surface area contributed by atoms with E-state index in [1.165, 1.54) is 13.2 Å². The smallest absolute Gasteiger partial charge is 0.417 e. The first kappa shape index (κ1) is 19.3. The monoisotopic (exact) mass is 403 g/mol. The molecule has 2 aliphatic rings. The minimum Gasteiger partial charge on any atom is -0.478 e. The van der Waals surface area contributed by atoms with Crippen LogP contribution < -0.4 is 14.5 Å². The van der Waals surface area contributed by atoms with E-state index in [2.05, 4.69) is 14.9 Å². The summed E-state index contributed by atoms with van der Waals surface area (Å²) in [5, 5.41) is 9.04. The van der Waals surface area contributed by atoms with Crippen molar-refractivity contribution in [2.45, 2.75) is 25.1 Å². The second kappa shape index (κ2) is 7.43. The quantitative estimate of drug-likeness (QED) is 0.782. The molecule has 3 heterocycles. The molecule has 0 saturated carbocycles.